The van der Waals surface area contributed by atoms with Crippen molar-refractivity contribution >= 4 is 16.8 Å². The summed E-state index contributed by atoms with van der Waals surface area (Å²) in [6.07, 6.45) is 9.03. The van der Waals surface area contributed by atoms with Gasteiger partial charge < -0.3 is 9.42 Å². The number of amides is 1. The molecule has 1 amide bonds. The van der Waals surface area contributed by atoms with Gasteiger partial charge in [-0.3, -0.25) is 19.1 Å². The van der Waals surface area contributed by atoms with Crippen LogP contribution in [0.25, 0.3) is 22.4 Å². The van der Waals surface area contributed by atoms with Crippen LogP contribution in [0.15, 0.2) is 58.5 Å². The molecule has 0 spiro atoms. The zero-order chi connectivity index (χ0) is 22.6. The first-order valence-electron chi connectivity index (χ1n) is 11.0. The van der Waals surface area contributed by atoms with E-state index in [4.69, 9.17) is 4.52 Å². The molecule has 4 heterocycles. The van der Waals surface area contributed by atoms with Crippen molar-refractivity contribution in [2.45, 2.75) is 32.2 Å². The first-order valence-corrected chi connectivity index (χ1v) is 11.0. The lowest BCUT2D eigenvalue weighted by atomic mass is 9.94. The summed E-state index contributed by atoms with van der Waals surface area (Å²) in [6.45, 7) is 1.66. The number of carbonyl (C=O) groups is 1. The molecule has 1 saturated heterocycles. The number of para-hydroxylation sites is 1. The van der Waals surface area contributed by atoms with Crippen LogP contribution in [0.2, 0.25) is 0 Å². The lowest BCUT2D eigenvalue weighted by molar-refractivity contribution is -0.133. The molecule has 168 valence electrons. The van der Waals surface area contributed by atoms with E-state index in [0.29, 0.717) is 47.8 Å². The molecule has 1 atom stereocenters. The van der Waals surface area contributed by atoms with Gasteiger partial charge in [0.25, 0.3) is 5.56 Å². The highest BCUT2D eigenvalue weighted by Crippen LogP contribution is 2.22. The summed E-state index contributed by atoms with van der Waals surface area (Å²) in [5.74, 6) is 1.22. The highest BCUT2D eigenvalue weighted by atomic mass is 16.5. The quantitative estimate of drug-likeness (QED) is 0.443. The second-order valence-corrected chi connectivity index (χ2v) is 8.16. The van der Waals surface area contributed by atoms with Gasteiger partial charge >= 0.3 is 0 Å². The molecule has 1 fully saturated rings. The van der Waals surface area contributed by atoms with E-state index >= 15 is 0 Å². The van der Waals surface area contributed by atoms with Crippen LogP contribution in [-0.2, 0) is 17.8 Å². The van der Waals surface area contributed by atoms with Crippen LogP contribution in [0.3, 0.4) is 0 Å². The Bertz CT molecular complexity index is 1320. The van der Waals surface area contributed by atoms with Crippen LogP contribution in [0.5, 0.6) is 0 Å². The van der Waals surface area contributed by atoms with Crippen molar-refractivity contribution in [3.63, 3.8) is 0 Å². The molecule has 0 aliphatic carbocycles. The highest BCUT2D eigenvalue weighted by Gasteiger charge is 2.25. The number of hydrogen-bond acceptors (Lipinski definition) is 8. The van der Waals surface area contributed by atoms with Crippen LogP contribution >= 0.6 is 0 Å². The average molecular weight is 445 g/mol. The molecular weight excluding hydrogens is 422 g/mol. The van der Waals surface area contributed by atoms with E-state index in [2.05, 4.69) is 25.1 Å². The summed E-state index contributed by atoms with van der Waals surface area (Å²) in [6, 6.07) is 7.22. The van der Waals surface area contributed by atoms with Gasteiger partial charge in [-0.05, 0) is 30.9 Å². The van der Waals surface area contributed by atoms with E-state index in [0.717, 1.165) is 19.4 Å². The Morgan fingerprint density at radius 3 is 2.97 bits per heavy atom. The maximum atomic E-state index is 12.9. The van der Waals surface area contributed by atoms with Gasteiger partial charge in [-0.15, -0.1) is 0 Å². The molecule has 33 heavy (non-hydrogen) atoms. The van der Waals surface area contributed by atoms with Crippen molar-refractivity contribution in [1.29, 1.82) is 0 Å². The van der Waals surface area contributed by atoms with Gasteiger partial charge in [-0.2, -0.15) is 4.98 Å². The fraction of sp³-hybridized carbons (Fsp3) is 0.348. The summed E-state index contributed by atoms with van der Waals surface area (Å²) in [5, 5.41) is 4.55. The van der Waals surface area contributed by atoms with Crippen molar-refractivity contribution < 1.29 is 9.32 Å². The number of carbonyl (C=O) groups excluding carboxylic acids is 1. The molecule has 0 bridgehead atoms. The summed E-state index contributed by atoms with van der Waals surface area (Å²) in [7, 11) is 0. The third-order valence-electron chi connectivity index (χ3n) is 5.89. The second kappa shape index (κ2) is 9.27. The summed E-state index contributed by atoms with van der Waals surface area (Å²) in [4.78, 5) is 44.3. The zero-order valence-electron chi connectivity index (χ0n) is 18.0. The average Bonchev–Trinajstić information content (AvgIpc) is 3.33. The number of nitrogens with zero attached hydrogens (tertiary/aromatic N) is 7. The fourth-order valence-corrected chi connectivity index (χ4v) is 4.20. The summed E-state index contributed by atoms with van der Waals surface area (Å²) < 4.78 is 6.90. The molecule has 4 aromatic rings. The number of piperidine rings is 1. The predicted molar refractivity (Wildman–Crippen MR) is 119 cm³/mol. The first-order chi connectivity index (χ1) is 16.2. The number of fused-ring (bicyclic) bond motifs is 1. The monoisotopic (exact) mass is 445 g/mol. The number of aromatic nitrogens is 6. The van der Waals surface area contributed by atoms with Crippen molar-refractivity contribution in [3.8, 4) is 11.5 Å². The Kier molecular flexibility index (Phi) is 5.88. The van der Waals surface area contributed by atoms with Gasteiger partial charge in [0.05, 0.1) is 23.4 Å². The molecule has 1 aliphatic rings. The molecule has 5 rings (SSSR count). The molecule has 10 heteroatoms. The normalized spacial score (nSPS) is 16.2. The minimum absolute atomic E-state index is 0.0329. The van der Waals surface area contributed by atoms with Gasteiger partial charge in [0.1, 0.15) is 5.69 Å². The molecule has 0 radical (unpaired) electrons. The number of benzene rings is 1. The van der Waals surface area contributed by atoms with Crippen molar-refractivity contribution in [2.24, 2.45) is 5.92 Å². The maximum Gasteiger partial charge on any atom is 0.261 e. The molecule has 10 nitrogen and oxygen atoms in total. The third kappa shape index (κ3) is 4.64. The Morgan fingerprint density at radius 1 is 1.18 bits per heavy atom. The van der Waals surface area contributed by atoms with Gasteiger partial charge in [0.2, 0.25) is 17.6 Å². The molecule has 3 aromatic heterocycles. The minimum Gasteiger partial charge on any atom is -0.342 e. The van der Waals surface area contributed by atoms with Gasteiger partial charge in [-0.25, -0.2) is 9.97 Å². The highest BCUT2D eigenvalue weighted by molar-refractivity contribution is 5.77. The van der Waals surface area contributed by atoms with Crippen molar-refractivity contribution in [2.75, 3.05) is 13.1 Å². The summed E-state index contributed by atoms with van der Waals surface area (Å²) in [5.41, 5.74) is 1.10. The fourth-order valence-electron chi connectivity index (χ4n) is 4.20. The van der Waals surface area contributed by atoms with Gasteiger partial charge in [0.15, 0.2) is 0 Å². The first kappa shape index (κ1) is 20.9. The Labute approximate surface area is 189 Å². The Hall–Kier alpha value is -3.95. The van der Waals surface area contributed by atoms with Crippen LogP contribution in [0, 0.1) is 5.92 Å². The maximum absolute atomic E-state index is 12.9. The lowest BCUT2D eigenvalue weighted by Crippen LogP contribution is -2.41. The predicted octanol–water partition coefficient (Wildman–Crippen LogP) is 2.11. The molecule has 1 unspecified atom stereocenters. The number of hydrogen-bond donors (Lipinski definition) is 0. The van der Waals surface area contributed by atoms with E-state index < -0.39 is 0 Å². The number of likely N-dealkylation sites (tertiary alicyclic amines) is 1. The van der Waals surface area contributed by atoms with E-state index in [1.807, 2.05) is 17.0 Å². The van der Waals surface area contributed by atoms with Crippen molar-refractivity contribution in [3.05, 3.63) is 65.4 Å². The smallest absolute Gasteiger partial charge is 0.261 e. The number of aryl methyl sites for hydroxylation is 1. The van der Waals surface area contributed by atoms with E-state index in [-0.39, 0.29) is 23.8 Å². The Morgan fingerprint density at radius 2 is 2.09 bits per heavy atom. The van der Waals surface area contributed by atoms with Gasteiger partial charge in [0, 0.05) is 44.9 Å². The Balaban J connectivity index is 1.19. The standard InChI is InChI=1S/C23H23N7O3/c31-21(7-11-30-15-26-18-6-2-1-5-17(18)23(30)32)29-10-3-4-16(14-29)12-20-27-22(28-33-20)19-13-24-8-9-25-19/h1-2,5-6,8-9,13,15-16H,3-4,7,10-12,14H2. The summed E-state index contributed by atoms with van der Waals surface area (Å²) >= 11 is 0. The van der Waals surface area contributed by atoms with Crippen LogP contribution < -0.4 is 5.56 Å². The third-order valence-corrected chi connectivity index (χ3v) is 5.89. The SMILES string of the molecule is O=C(CCn1cnc2ccccc2c1=O)N1CCCC(Cc2nc(-c3cnccn3)no2)C1. The molecule has 1 aliphatic heterocycles. The van der Waals surface area contributed by atoms with E-state index in [1.54, 1.807) is 30.7 Å². The zero-order valence-corrected chi connectivity index (χ0v) is 18.0. The minimum atomic E-state index is -0.125. The molecule has 0 N–H and O–H groups in total. The molecular formula is C23H23N7O3. The van der Waals surface area contributed by atoms with E-state index in [1.165, 1.54) is 10.9 Å². The topological polar surface area (TPSA) is 120 Å². The van der Waals surface area contributed by atoms with Crippen LogP contribution in [-0.4, -0.2) is 53.6 Å². The second-order valence-electron chi connectivity index (χ2n) is 8.16. The van der Waals surface area contributed by atoms with Crippen molar-refractivity contribution in [1.82, 2.24) is 34.6 Å². The molecule has 1 aromatic carbocycles. The largest absolute Gasteiger partial charge is 0.342 e. The molecule has 0 saturated carbocycles. The van der Waals surface area contributed by atoms with Crippen LogP contribution in [0.1, 0.15) is 25.2 Å². The number of rotatable bonds is 6. The van der Waals surface area contributed by atoms with Crippen LogP contribution in [0.4, 0.5) is 0 Å². The van der Waals surface area contributed by atoms with E-state index in [9.17, 15) is 9.59 Å². The van der Waals surface area contributed by atoms with Gasteiger partial charge in [-0.1, -0.05) is 17.3 Å². The lowest BCUT2D eigenvalue weighted by Gasteiger charge is -2.32.